The number of carbonyl (C=O) groups excluding carboxylic acids is 2. The number of rotatable bonds is 8. The zero-order chi connectivity index (χ0) is 18.3. The van der Waals surface area contributed by atoms with Crippen LogP contribution in [0.4, 0.5) is 0 Å². The Labute approximate surface area is 137 Å². The Hall–Kier alpha value is -3.42. The molecule has 0 aliphatic carbocycles. The van der Waals surface area contributed by atoms with E-state index in [-0.39, 0.29) is 24.0 Å². The van der Waals surface area contributed by atoms with Crippen molar-refractivity contribution < 1.29 is 29.4 Å². The Kier molecular flexibility index (Phi) is 6.42. The monoisotopic (exact) mass is 332 g/mol. The number of aliphatic carboxylic acids is 2. The van der Waals surface area contributed by atoms with Crippen molar-refractivity contribution in [3.05, 3.63) is 58.7 Å². The molecule has 1 aromatic rings. The molecule has 0 aliphatic heterocycles. The van der Waals surface area contributed by atoms with Crippen LogP contribution >= 0.6 is 0 Å². The first-order valence-electron chi connectivity index (χ1n) is 6.73. The molecule has 8 nitrogen and oxygen atoms in total. The van der Waals surface area contributed by atoms with Gasteiger partial charge in [0.15, 0.2) is 0 Å². The van der Waals surface area contributed by atoms with Crippen LogP contribution in [-0.2, 0) is 32.0 Å². The molecule has 126 valence electrons. The molecular weight excluding hydrogens is 316 g/mol. The molecule has 0 bridgehead atoms. The topological polar surface area (TPSA) is 161 Å². The first-order valence-corrected chi connectivity index (χ1v) is 6.73. The van der Waals surface area contributed by atoms with Crippen molar-refractivity contribution in [2.24, 2.45) is 11.5 Å². The molecule has 1 rings (SSSR count). The summed E-state index contributed by atoms with van der Waals surface area (Å²) < 4.78 is 0. The second kappa shape index (κ2) is 8.28. The number of hydrogen-bond acceptors (Lipinski definition) is 4. The van der Waals surface area contributed by atoms with E-state index >= 15 is 0 Å². The Morgan fingerprint density at radius 1 is 0.833 bits per heavy atom. The summed E-state index contributed by atoms with van der Waals surface area (Å²) in [5.74, 6) is -4.31. The molecule has 0 saturated heterocycles. The second-order valence-corrected chi connectivity index (χ2v) is 4.93. The van der Waals surface area contributed by atoms with Gasteiger partial charge in [0.25, 0.3) is 0 Å². The standard InChI is InChI=1S/C16H16N2O6/c17-13(19)7-11(15(21)22)5-9-2-1-3-10(4-9)6-12(16(23)24)8-14(18)20/h1-4,7-8H,5-6H2,(H2,17,19)(H2,18,20)(H,21,22)(H,23,24)/b11-7-,12-8-. The van der Waals surface area contributed by atoms with Gasteiger partial charge in [-0.3, -0.25) is 9.59 Å². The van der Waals surface area contributed by atoms with Crippen LogP contribution in [0.3, 0.4) is 0 Å². The fourth-order valence-corrected chi connectivity index (χ4v) is 2.01. The molecule has 24 heavy (non-hydrogen) atoms. The Morgan fingerprint density at radius 3 is 1.50 bits per heavy atom. The van der Waals surface area contributed by atoms with Crippen LogP contribution < -0.4 is 11.5 Å². The van der Waals surface area contributed by atoms with Crippen molar-refractivity contribution >= 4 is 23.8 Å². The van der Waals surface area contributed by atoms with E-state index < -0.39 is 23.8 Å². The van der Waals surface area contributed by atoms with Crippen molar-refractivity contribution in [3.8, 4) is 0 Å². The largest absolute Gasteiger partial charge is 0.478 e. The highest BCUT2D eigenvalue weighted by Gasteiger charge is 2.13. The highest BCUT2D eigenvalue weighted by molar-refractivity contribution is 5.97. The van der Waals surface area contributed by atoms with Gasteiger partial charge in [0.05, 0.1) is 0 Å². The van der Waals surface area contributed by atoms with Crippen molar-refractivity contribution in [1.29, 1.82) is 0 Å². The quantitative estimate of drug-likeness (QED) is 0.480. The number of nitrogens with two attached hydrogens (primary N) is 2. The minimum absolute atomic E-state index is 0.0615. The highest BCUT2D eigenvalue weighted by Crippen LogP contribution is 2.14. The summed E-state index contributed by atoms with van der Waals surface area (Å²) in [5.41, 5.74) is 10.6. The summed E-state index contributed by atoms with van der Waals surface area (Å²) in [6.07, 6.45) is 1.53. The van der Waals surface area contributed by atoms with Crippen LogP contribution in [0.1, 0.15) is 11.1 Å². The number of carboxylic acids is 2. The molecular formula is C16H16N2O6. The summed E-state index contributed by atoms with van der Waals surface area (Å²) in [4.78, 5) is 43.9. The predicted molar refractivity (Wildman–Crippen MR) is 83.7 cm³/mol. The molecule has 0 radical (unpaired) electrons. The third-order valence-electron chi connectivity index (χ3n) is 2.96. The van der Waals surface area contributed by atoms with Crippen LogP contribution in [0.5, 0.6) is 0 Å². The van der Waals surface area contributed by atoms with Gasteiger partial charge in [-0.2, -0.15) is 0 Å². The summed E-state index contributed by atoms with van der Waals surface area (Å²) >= 11 is 0. The van der Waals surface area contributed by atoms with Crippen molar-refractivity contribution in [3.63, 3.8) is 0 Å². The molecule has 6 N–H and O–H groups in total. The second-order valence-electron chi connectivity index (χ2n) is 4.93. The molecule has 0 unspecified atom stereocenters. The van der Waals surface area contributed by atoms with E-state index in [9.17, 15) is 19.2 Å². The molecule has 1 aromatic carbocycles. The van der Waals surface area contributed by atoms with E-state index in [0.717, 1.165) is 12.2 Å². The summed E-state index contributed by atoms with van der Waals surface area (Å²) in [6, 6.07) is 6.44. The lowest BCUT2D eigenvalue weighted by molar-refractivity contribution is -0.133. The minimum atomic E-state index is -1.28. The third-order valence-corrected chi connectivity index (χ3v) is 2.96. The van der Waals surface area contributed by atoms with Gasteiger partial charge in [-0.05, 0) is 11.1 Å². The number of hydrogen-bond donors (Lipinski definition) is 4. The molecule has 0 heterocycles. The maximum absolute atomic E-state index is 11.1. The average Bonchev–Trinajstić information content (AvgIpc) is 2.45. The lowest BCUT2D eigenvalue weighted by Gasteiger charge is -2.07. The molecule has 0 aliphatic rings. The van der Waals surface area contributed by atoms with Crippen molar-refractivity contribution in [2.75, 3.05) is 0 Å². The zero-order valence-corrected chi connectivity index (χ0v) is 12.6. The number of benzene rings is 1. The number of carboxylic acid groups (broad SMARTS) is 2. The molecule has 0 atom stereocenters. The molecule has 0 saturated carbocycles. The van der Waals surface area contributed by atoms with E-state index in [4.69, 9.17) is 21.7 Å². The van der Waals surface area contributed by atoms with Gasteiger partial charge >= 0.3 is 11.9 Å². The Balaban J connectivity index is 3.06. The van der Waals surface area contributed by atoms with Crippen LogP contribution in [0, 0.1) is 0 Å². The predicted octanol–water partition coefficient (Wildman–Crippen LogP) is -0.236. The third kappa shape index (κ3) is 6.14. The maximum atomic E-state index is 11.1. The lowest BCUT2D eigenvalue weighted by Crippen LogP contribution is -2.13. The Morgan fingerprint density at radius 2 is 1.21 bits per heavy atom. The van der Waals surface area contributed by atoms with E-state index in [0.29, 0.717) is 11.1 Å². The van der Waals surface area contributed by atoms with Crippen molar-refractivity contribution in [1.82, 2.24) is 0 Å². The van der Waals surface area contributed by atoms with Gasteiger partial charge in [0.1, 0.15) is 0 Å². The molecule has 2 amide bonds. The summed E-state index contributed by atoms with van der Waals surface area (Å²) in [7, 11) is 0. The fourth-order valence-electron chi connectivity index (χ4n) is 2.01. The minimum Gasteiger partial charge on any atom is -0.478 e. The van der Waals surface area contributed by atoms with Gasteiger partial charge in [-0.25, -0.2) is 9.59 Å². The lowest BCUT2D eigenvalue weighted by atomic mass is 9.98. The van der Waals surface area contributed by atoms with Gasteiger partial charge < -0.3 is 21.7 Å². The zero-order valence-electron chi connectivity index (χ0n) is 12.6. The molecule has 0 aromatic heterocycles. The summed E-state index contributed by atoms with van der Waals surface area (Å²) in [5, 5.41) is 18.1. The van der Waals surface area contributed by atoms with E-state index in [1.807, 2.05) is 0 Å². The number of carbonyl (C=O) groups is 4. The maximum Gasteiger partial charge on any atom is 0.332 e. The van der Waals surface area contributed by atoms with Gasteiger partial charge in [-0.1, -0.05) is 24.3 Å². The first-order chi connectivity index (χ1) is 11.2. The van der Waals surface area contributed by atoms with E-state index in [1.54, 1.807) is 24.3 Å². The van der Waals surface area contributed by atoms with E-state index in [1.165, 1.54) is 0 Å². The van der Waals surface area contributed by atoms with Gasteiger partial charge in [0.2, 0.25) is 11.8 Å². The normalized spacial score (nSPS) is 11.8. The highest BCUT2D eigenvalue weighted by atomic mass is 16.4. The van der Waals surface area contributed by atoms with Gasteiger partial charge in [-0.15, -0.1) is 0 Å². The van der Waals surface area contributed by atoms with Crippen LogP contribution in [0.15, 0.2) is 47.6 Å². The number of primary amides is 2. The molecule has 0 spiro atoms. The van der Waals surface area contributed by atoms with Gasteiger partial charge in [0, 0.05) is 36.1 Å². The Bertz CT molecular complexity index is 689. The van der Waals surface area contributed by atoms with Crippen LogP contribution in [0.25, 0.3) is 0 Å². The summed E-state index contributed by atoms with van der Waals surface area (Å²) in [6.45, 7) is 0. The fraction of sp³-hybridized carbons (Fsp3) is 0.125. The SMILES string of the molecule is NC(=O)/C=C(/Cc1cccc(C/C(=C/C(N)=O)C(=O)O)c1)C(=O)O. The van der Waals surface area contributed by atoms with Crippen LogP contribution in [-0.4, -0.2) is 34.0 Å². The first kappa shape index (κ1) is 18.6. The average molecular weight is 332 g/mol. The van der Waals surface area contributed by atoms with Crippen LogP contribution in [0.2, 0.25) is 0 Å². The molecule has 8 heteroatoms. The van der Waals surface area contributed by atoms with E-state index in [2.05, 4.69) is 0 Å². The molecule has 0 fully saturated rings. The van der Waals surface area contributed by atoms with Crippen molar-refractivity contribution in [2.45, 2.75) is 12.8 Å². The smallest absolute Gasteiger partial charge is 0.332 e. The number of amides is 2.